The summed E-state index contributed by atoms with van der Waals surface area (Å²) in [5.74, 6) is 2.02. The van der Waals surface area contributed by atoms with Crippen LogP contribution in [0, 0.1) is 0 Å². The van der Waals surface area contributed by atoms with Crippen LogP contribution in [0.3, 0.4) is 0 Å². The Morgan fingerprint density at radius 1 is 0.900 bits per heavy atom. The lowest BCUT2D eigenvalue weighted by molar-refractivity contribution is -0.117. The lowest BCUT2D eigenvalue weighted by Crippen LogP contribution is -2.24. The van der Waals surface area contributed by atoms with Gasteiger partial charge < -0.3 is 14.2 Å². The highest BCUT2D eigenvalue weighted by atomic mass is 16.5. The fraction of sp³-hybridized carbons (Fsp3) is 0.200. The fourth-order valence-corrected chi connectivity index (χ4v) is 4.15. The summed E-state index contributed by atoms with van der Waals surface area (Å²) in [7, 11) is 0. The van der Waals surface area contributed by atoms with Gasteiger partial charge in [0.15, 0.2) is 0 Å². The number of imidazole rings is 1. The number of hydrogen-bond donors (Lipinski definition) is 0. The zero-order valence-corrected chi connectivity index (χ0v) is 16.6. The van der Waals surface area contributed by atoms with E-state index in [0.29, 0.717) is 26.1 Å². The topological polar surface area (TPSA) is 47.4 Å². The number of nitrogens with zero attached hydrogens (tertiary/aromatic N) is 3. The molecule has 5 rings (SSSR count). The van der Waals surface area contributed by atoms with Crippen LogP contribution in [-0.4, -0.2) is 28.6 Å². The van der Waals surface area contributed by atoms with E-state index in [1.54, 1.807) is 0 Å². The van der Waals surface area contributed by atoms with Crippen LogP contribution in [0.25, 0.3) is 11.0 Å². The number of aromatic nitrogens is 2. The second kappa shape index (κ2) is 8.03. The number of benzene rings is 3. The van der Waals surface area contributed by atoms with Gasteiger partial charge >= 0.3 is 0 Å². The van der Waals surface area contributed by atoms with Gasteiger partial charge in [-0.25, -0.2) is 4.98 Å². The number of carbonyl (C=O) groups excluding carboxylic acids is 1. The predicted octanol–water partition coefficient (Wildman–Crippen LogP) is 4.64. The Bertz CT molecular complexity index is 1150. The summed E-state index contributed by atoms with van der Waals surface area (Å²) in [6.45, 7) is 1.87. The maximum atomic E-state index is 12.7. The van der Waals surface area contributed by atoms with Gasteiger partial charge in [-0.05, 0) is 36.4 Å². The molecule has 4 aromatic rings. The summed E-state index contributed by atoms with van der Waals surface area (Å²) in [6.07, 6.45) is 0.470. The number of amides is 1. The van der Waals surface area contributed by atoms with Gasteiger partial charge in [0, 0.05) is 24.6 Å². The first-order valence-electron chi connectivity index (χ1n) is 10.3. The Balaban J connectivity index is 1.41. The van der Waals surface area contributed by atoms with E-state index in [1.807, 2.05) is 83.8 Å². The van der Waals surface area contributed by atoms with Crippen molar-refractivity contribution in [3.8, 4) is 5.75 Å². The molecule has 1 aromatic heterocycles. The molecular weight excluding hydrogens is 374 g/mol. The smallest absolute Gasteiger partial charge is 0.227 e. The van der Waals surface area contributed by atoms with Crippen LogP contribution in [0.2, 0.25) is 0 Å². The lowest BCUT2D eigenvalue weighted by Gasteiger charge is -2.17. The molecule has 0 saturated carbocycles. The number of fused-ring (bicyclic) bond motifs is 1. The van der Waals surface area contributed by atoms with Crippen molar-refractivity contribution in [2.75, 3.05) is 18.1 Å². The van der Waals surface area contributed by atoms with Crippen molar-refractivity contribution < 1.29 is 9.53 Å². The average Bonchev–Trinajstić information content (AvgIpc) is 3.36. The SMILES string of the molecule is O=C1C[C@H](c2nc3ccccc3n2CCOc2ccccc2)CN1c1ccccc1. The molecule has 1 saturated heterocycles. The molecular formula is C25H23N3O2. The first kappa shape index (κ1) is 18.4. The number of para-hydroxylation sites is 4. The second-order valence-electron chi connectivity index (χ2n) is 7.51. The number of anilines is 1. The Hall–Kier alpha value is -3.60. The van der Waals surface area contributed by atoms with Crippen molar-refractivity contribution in [2.24, 2.45) is 0 Å². The zero-order chi connectivity index (χ0) is 20.3. The van der Waals surface area contributed by atoms with Crippen molar-refractivity contribution in [3.05, 3.63) is 90.8 Å². The summed E-state index contributed by atoms with van der Waals surface area (Å²) >= 11 is 0. The van der Waals surface area contributed by atoms with E-state index in [4.69, 9.17) is 9.72 Å². The van der Waals surface area contributed by atoms with Gasteiger partial charge in [-0.1, -0.05) is 48.5 Å². The molecule has 0 aliphatic carbocycles. The molecule has 0 N–H and O–H groups in total. The van der Waals surface area contributed by atoms with Crippen LogP contribution in [0.5, 0.6) is 5.75 Å². The van der Waals surface area contributed by atoms with Crippen molar-refractivity contribution in [3.63, 3.8) is 0 Å². The monoisotopic (exact) mass is 397 g/mol. The molecule has 1 amide bonds. The summed E-state index contributed by atoms with van der Waals surface area (Å²) in [5, 5.41) is 0. The third-order valence-corrected chi connectivity index (χ3v) is 5.57. The van der Waals surface area contributed by atoms with Gasteiger partial charge in [-0.2, -0.15) is 0 Å². The Morgan fingerprint density at radius 2 is 1.60 bits per heavy atom. The van der Waals surface area contributed by atoms with Crippen molar-refractivity contribution in [1.82, 2.24) is 9.55 Å². The van der Waals surface area contributed by atoms with Gasteiger partial charge in [0.2, 0.25) is 5.91 Å². The second-order valence-corrected chi connectivity index (χ2v) is 7.51. The first-order chi connectivity index (χ1) is 14.8. The van der Waals surface area contributed by atoms with Crippen LogP contribution in [0.1, 0.15) is 18.2 Å². The van der Waals surface area contributed by atoms with Crippen LogP contribution < -0.4 is 9.64 Å². The maximum absolute atomic E-state index is 12.7. The van der Waals surface area contributed by atoms with Gasteiger partial charge in [0.05, 0.1) is 17.6 Å². The largest absolute Gasteiger partial charge is 0.492 e. The Morgan fingerprint density at radius 3 is 2.40 bits per heavy atom. The fourth-order valence-electron chi connectivity index (χ4n) is 4.15. The molecule has 1 aliphatic rings. The molecule has 150 valence electrons. The third-order valence-electron chi connectivity index (χ3n) is 5.57. The predicted molar refractivity (Wildman–Crippen MR) is 118 cm³/mol. The van der Waals surface area contributed by atoms with E-state index in [2.05, 4.69) is 10.6 Å². The highest BCUT2D eigenvalue weighted by Crippen LogP contribution is 2.33. The lowest BCUT2D eigenvalue weighted by atomic mass is 10.1. The highest BCUT2D eigenvalue weighted by molar-refractivity contribution is 5.96. The van der Waals surface area contributed by atoms with Gasteiger partial charge in [0.25, 0.3) is 0 Å². The van der Waals surface area contributed by atoms with Crippen LogP contribution in [0.15, 0.2) is 84.9 Å². The van der Waals surface area contributed by atoms with Gasteiger partial charge in [0.1, 0.15) is 18.2 Å². The van der Waals surface area contributed by atoms with E-state index in [1.165, 1.54) is 0 Å². The van der Waals surface area contributed by atoms with Crippen LogP contribution >= 0.6 is 0 Å². The Kier molecular flexibility index (Phi) is 4.93. The zero-order valence-electron chi connectivity index (χ0n) is 16.6. The molecule has 0 unspecified atom stereocenters. The molecule has 1 aliphatic heterocycles. The molecule has 0 spiro atoms. The molecule has 5 heteroatoms. The third kappa shape index (κ3) is 3.54. The minimum absolute atomic E-state index is 0.0573. The van der Waals surface area contributed by atoms with Gasteiger partial charge in [-0.15, -0.1) is 0 Å². The summed E-state index contributed by atoms with van der Waals surface area (Å²) < 4.78 is 8.14. The normalized spacial score (nSPS) is 16.3. The average molecular weight is 397 g/mol. The summed E-state index contributed by atoms with van der Waals surface area (Å²) in [5.41, 5.74) is 2.98. The summed E-state index contributed by atoms with van der Waals surface area (Å²) in [6, 6.07) is 27.8. The van der Waals surface area contributed by atoms with Crippen molar-refractivity contribution in [1.29, 1.82) is 0 Å². The molecule has 1 atom stereocenters. The number of rotatable bonds is 6. The molecule has 1 fully saturated rings. The molecule has 0 radical (unpaired) electrons. The van der Waals surface area contributed by atoms with Gasteiger partial charge in [-0.3, -0.25) is 4.79 Å². The van der Waals surface area contributed by atoms with E-state index in [-0.39, 0.29) is 11.8 Å². The highest BCUT2D eigenvalue weighted by Gasteiger charge is 2.34. The van der Waals surface area contributed by atoms with E-state index < -0.39 is 0 Å². The standard InChI is InChI=1S/C25H23N3O2/c29-24-17-19(18-28(24)20-9-3-1-4-10-20)25-26-22-13-7-8-14-23(22)27(25)15-16-30-21-11-5-2-6-12-21/h1-14,19H,15-18H2/t19-/m0/s1. The maximum Gasteiger partial charge on any atom is 0.227 e. The number of hydrogen-bond acceptors (Lipinski definition) is 3. The van der Waals surface area contributed by atoms with E-state index in [9.17, 15) is 4.79 Å². The minimum atomic E-state index is 0.0573. The Labute approximate surface area is 175 Å². The van der Waals surface area contributed by atoms with E-state index >= 15 is 0 Å². The molecule has 2 heterocycles. The van der Waals surface area contributed by atoms with Crippen LogP contribution in [-0.2, 0) is 11.3 Å². The molecule has 30 heavy (non-hydrogen) atoms. The number of carbonyl (C=O) groups is 1. The quantitative estimate of drug-likeness (QED) is 0.476. The van der Waals surface area contributed by atoms with Crippen molar-refractivity contribution in [2.45, 2.75) is 18.9 Å². The molecule has 5 nitrogen and oxygen atoms in total. The number of ether oxygens (including phenoxy) is 1. The summed E-state index contributed by atoms with van der Waals surface area (Å²) in [4.78, 5) is 19.5. The first-order valence-corrected chi connectivity index (χ1v) is 10.3. The molecule has 3 aromatic carbocycles. The minimum Gasteiger partial charge on any atom is -0.492 e. The van der Waals surface area contributed by atoms with Crippen LogP contribution in [0.4, 0.5) is 5.69 Å². The van der Waals surface area contributed by atoms with E-state index in [0.717, 1.165) is 28.3 Å². The van der Waals surface area contributed by atoms with Crippen molar-refractivity contribution >= 4 is 22.6 Å². The molecule has 0 bridgehead atoms.